The molecule has 0 radical (unpaired) electrons. The van der Waals surface area contributed by atoms with Crippen LogP contribution in [0.25, 0.3) is 11.5 Å². The van der Waals surface area contributed by atoms with E-state index in [0.717, 1.165) is 29.2 Å². The Morgan fingerprint density at radius 3 is 2.31 bits per heavy atom. The van der Waals surface area contributed by atoms with Gasteiger partial charge in [0.15, 0.2) is 11.5 Å². The smallest absolute Gasteiger partial charge is 0.226 e. The van der Waals surface area contributed by atoms with Crippen LogP contribution in [0.5, 0.6) is 17.2 Å². The third kappa shape index (κ3) is 3.37. The molecule has 0 aliphatic carbocycles. The summed E-state index contributed by atoms with van der Waals surface area (Å²) in [4.78, 5) is 9.11. The summed E-state index contributed by atoms with van der Waals surface area (Å²) in [6, 6.07) is 3.63. The Morgan fingerprint density at radius 1 is 1.04 bits per heavy atom. The van der Waals surface area contributed by atoms with Crippen molar-refractivity contribution in [1.29, 1.82) is 0 Å². The Labute approximate surface area is 152 Å². The Morgan fingerprint density at radius 2 is 1.73 bits per heavy atom. The largest absolute Gasteiger partial charge is 0.493 e. The molecule has 1 aromatic carbocycles. The molecule has 7 nitrogen and oxygen atoms in total. The van der Waals surface area contributed by atoms with Crippen LogP contribution in [0.15, 0.2) is 29.0 Å². The number of nitrogens with zero attached hydrogens (tertiary/aromatic N) is 3. The van der Waals surface area contributed by atoms with Crippen LogP contribution in [0.2, 0.25) is 0 Å². The van der Waals surface area contributed by atoms with E-state index in [1.807, 2.05) is 25.3 Å². The van der Waals surface area contributed by atoms with Crippen LogP contribution in [0.3, 0.4) is 0 Å². The van der Waals surface area contributed by atoms with Crippen molar-refractivity contribution < 1.29 is 18.6 Å². The van der Waals surface area contributed by atoms with Gasteiger partial charge in [0.1, 0.15) is 12.1 Å². The maximum absolute atomic E-state index is 5.68. The molecule has 0 saturated heterocycles. The quantitative estimate of drug-likeness (QED) is 0.645. The predicted octanol–water partition coefficient (Wildman–Crippen LogP) is 3.48. The van der Waals surface area contributed by atoms with Gasteiger partial charge in [0, 0.05) is 18.2 Å². The molecule has 3 rings (SSSR count). The molecular weight excluding hydrogens is 334 g/mol. The normalized spacial score (nSPS) is 10.8. The number of oxazole rings is 1. The molecule has 0 bridgehead atoms. The number of rotatable bonds is 7. The third-order valence-corrected chi connectivity index (χ3v) is 4.09. The molecule has 2 heterocycles. The van der Waals surface area contributed by atoms with Crippen LogP contribution in [-0.2, 0) is 13.0 Å². The van der Waals surface area contributed by atoms with E-state index in [-0.39, 0.29) is 0 Å². The van der Waals surface area contributed by atoms with Crippen molar-refractivity contribution >= 4 is 0 Å². The Bertz CT molecular complexity index is 873. The minimum Gasteiger partial charge on any atom is -0.493 e. The van der Waals surface area contributed by atoms with Crippen LogP contribution in [0, 0.1) is 6.92 Å². The number of aryl methyl sites for hydroxylation is 2. The van der Waals surface area contributed by atoms with E-state index in [2.05, 4.69) is 21.5 Å². The average Bonchev–Trinajstić information content (AvgIpc) is 3.26. The first kappa shape index (κ1) is 17.8. The van der Waals surface area contributed by atoms with Crippen LogP contribution in [0.4, 0.5) is 0 Å². The zero-order valence-electron chi connectivity index (χ0n) is 15.7. The molecule has 0 aliphatic rings. The van der Waals surface area contributed by atoms with Crippen LogP contribution >= 0.6 is 0 Å². The summed E-state index contributed by atoms with van der Waals surface area (Å²) in [7, 11) is 4.73. The van der Waals surface area contributed by atoms with Gasteiger partial charge in [0.25, 0.3) is 0 Å². The Balaban J connectivity index is 1.92. The second-order valence-corrected chi connectivity index (χ2v) is 5.84. The first-order chi connectivity index (χ1) is 12.6. The fourth-order valence-electron chi connectivity index (χ4n) is 2.91. The summed E-state index contributed by atoms with van der Waals surface area (Å²) in [6.45, 7) is 4.68. The highest BCUT2D eigenvalue weighted by molar-refractivity contribution is 5.65. The number of hydrogen-bond donors (Lipinski definition) is 0. The average molecular weight is 357 g/mol. The van der Waals surface area contributed by atoms with Crippen molar-refractivity contribution in [2.24, 2.45) is 0 Å². The van der Waals surface area contributed by atoms with Gasteiger partial charge in [-0.15, -0.1) is 0 Å². The molecule has 0 saturated carbocycles. The first-order valence-electron chi connectivity index (χ1n) is 8.37. The monoisotopic (exact) mass is 357 g/mol. The summed E-state index contributed by atoms with van der Waals surface area (Å²) >= 11 is 0. The van der Waals surface area contributed by atoms with Crippen LogP contribution in [0.1, 0.15) is 24.1 Å². The van der Waals surface area contributed by atoms with Gasteiger partial charge in [-0.25, -0.2) is 9.97 Å². The number of imidazole rings is 1. The van der Waals surface area contributed by atoms with Gasteiger partial charge in [-0.05, 0) is 19.1 Å². The summed E-state index contributed by atoms with van der Waals surface area (Å²) in [5.41, 5.74) is 2.57. The molecule has 0 atom stereocenters. The Kier molecular flexibility index (Phi) is 5.16. The lowest BCUT2D eigenvalue weighted by Crippen LogP contribution is -2.03. The van der Waals surface area contributed by atoms with Gasteiger partial charge in [-0.3, -0.25) is 0 Å². The standard InChI is InChI=1S/C19H23N3O4/c1-6-17-20-12(2)9-22(17)10-14-11-26-19(21-14)13-7-15(23-3)18(25-5)16(8-13)24-4/h7-9,11H,6,10H2,1-5H3. The fourth-order valence-corrected chi connectivity index (χ4v) is 2.91. The van der Waals surface area contributed by atoms with E-state index in [4.69, 9.17) is 18.6 Å². The summed E-state index contributed by atoms with van der Waals surface area (Å²) in [5, 5.41) is 0. The number of benzene rings is 1. The minimum absolute atomic E-state index is 0.495. The van der Waals surface area contributed by atoms with E-state index >= 15 is 0 Å². The molecule has 2 aromatic heterocycles. The molecule has 0 amide bonds. The summed E-state index contributed by atoms with van der Waals surface area (Å²) in [5.74, 6) is 3.17. The van der Waals surface area contributed by atoms with E-state index < -0.39 is 0 Å². The highest BCUT2D eigenvalue weighted by Gasteiger charge is 2.17. The van der Waals surface area contributed by atoms with Gasteiger partial charge in [0.2, 0.25) is 11.6 Å². The first-order valence-corrected chi connectivity index (χ1v) is 8.37. The summed E-state index contributed by atoms with van der Waals surface area (Å²) in [6.07, 6.45) is 4.55. The van der Waals surface area contributed by atoms with Crippen molar-refractivity contribution in [3.8, 4) is 28.7 Å². The lowest BCUT2D eigenvalue weighted by molar-refractivity contribution is 0.324. The maximum Gasteiger partial charge on any atom is 0.226 e. The van der Waals surface area contributed by atoms with Gasteiger partial charge in [-0.2, -0.15) is 0 Å². The van der Waals surface area contributed by atoms with Crippen LogP contribution < -0.4 is 14.2 Å². The second kappa shape index (κ2) is 7.51. The van der Waals surface area contributed by atoms with Crippen molar-refractivity contribution in [2.75, 3.05) is 21.3 Å². The molecule has 0 aliphatic heterocycles. The zero-order chi connectivity index (χ0) is 18.7. The SMILES string of the molecule is CCc1nc(C)cn1Cc1coc(-c2cc(OC)c(OC)c(OC)c2)n1. The number of aromatic nitrogens is 3. The van der Waals surface area contributed by atoms with E-state index in [0.29, 0.717) is 29.7 Å². The highest BCUT2D eigenvalue weighted by Crippen LogP contribution is 2.40. The van der Waals surface area contributed by atoms with Crippen molar-refractivity contribution in [2.45, 2.75) is 26.8 Å². The topological polar surface area (TPSA) is 71.5 Å². The minimum atomic E-state index is 0.495. The molecule has 0 fully saturated rings. The van der Waals surface area contributed by atoms with Gasteiger partial charge >= 0.3 is 0 Å². The number of methoxy groups -OCH3 is 3. The molecule has 0 unspecified atom stereocenters. The molecule has 7 heteroatoms. The molecule has 0 N–H and O–H groups in total. The summed E-state index contributed by atoms with van der Waals surface area (Å²) < 4.78 is 23.9. The second-order valence-electron chi connectivity index (χ2n) is 5.84. The molecule has 26 heavy (non-hydrogen) atoms. The van der Waals surface area contributed by atoms with E-state index in [1.54, 1.807) is 27.6 Å². The molecule has 138 valence electrons. The van der Waals surface area contributed by atoms with Crippen molar-refractivity contribution in [3.05, 3.63) is 41.8 Å². The van der Waals surface area contributed by atoms with Gasteiger partial charge in [-0.1, -0.05) is 6.92 Å². The van der Waals surface area contributed by atoms with Crippen LogP contribution in [-0.4, -0.2) is 35.9 Å². The predicted molar refractivity (Wildman–Crippen MR) is 97.0 cm³/mol. The van der Waals surface area contributed by atoms with Gasteiger partial charge < -0.3 is 23.2 Å². The molecule has 3 aromatic rings. The maximum atomic E-state index is 5.68. The lowest BCUT2D eigenvalue weighted by Gasteiger charge is -2.12. The van der Waals surface area contributed by atoms with E-state index in [9.17, 15) is 0 Å². The van der Waals surface area contributed by atoms with Gasteiger partial charge in [0.05, 0.1) is 39.3 Å². The lowest BCUT2D eigenvalue weighted by atomic mass is 10.2. The Hall–Kier alpha value is -2.96. The van der Waals surface area contributed by atoms with E-state index in [1.165, 1.54) is 0 Å². The van der Waals surface area contributed by atoms with Crippen molar-refractivity contribution in [1.82, 2.24) is 14.5 Å². The zero-order valence-corrected chi connectivity index (χ0v) is 15.7. The fraction of sp³-hybridized carbons (Fsp3) is 0.368. The number of hydrogen-bond acceptors (Lipinski definition) is 6. The van der Waals surface area contributed by atoms with Crippen molar-refractivity contribution in [3.63, 3.8) is 0 Å². The highest BCUT2D eigenvalue weighted by atomic mass is 16.5. The molecule has 0 spiro atoms. The molecular formula is C19H23N3O4. The third-order valence-electron chi connectivity index (χ3n) is 4.09. The number of ether oxygens (including phenoxy) is 3.